The molecule has 42 heavy (non-hydrogen) atoms. The maximum Gasteiger partial charge on any atom is 0.261 e. The van der Waals surface area contributed by atoms with Crippen LogP contribution < -0.4 is 4.57 Å². The van der Waals surface area contributed by atoms with Crippen LogP contribution >= 0.6 is 0 Å². The van der Waals surface area contributed by atoms with Crippen molar-refractivity contribution in [3.63, 3.8) is 0 Å². The van der Waals surface area contributed by atoms with Crippen LogP contribution in [-0.2, 0) is 13.0 Å². The second kappa shape index (κ2) is 27.0. The summed E-state index contributed by atoms with van der Waals surface area (Å²) in [6, 6.07) is 11.0. The summed E-state index contributed by atoms with van der Waals surface area (Å²) >= 11 is 0. The van der Waals surface area contributed by atoms with Crippen molar-refractivity contribution in [1.82, 2.24) is 4.57 Å². The fraction of sp³-hybridized carbons (Fsp3) is 0.775. The van der Waals surface area contributed by atoms with Crippen LogP contribution in [0.5, 0.6) is 0 Å². The molecule has 0 bridgehead atoms. The van der Waals surface area contributed by atoms with Crippen LogP contribution in [0.2, 0.25) is 0 Å². The van der Waals surface area contributed by atoms with Crippen LogP contribution in [0.4, 0.5) is 0 Å². The molecule has 2 rings (SSSR count). The predicted molar refractivity (Wildman–Crippen MR) is 186 cm³/mol. The van der Waals surface area contributed by atoms with E-state index in [1.807, 2.05) is 0 Å². The molecule has 1 aromatic carbocycles. The maximum atomic E-state index is 2.56. The van der Waals surface area contributed by atoms with Crippen molar-refractivity contribution >= 4 is 0 Å². The Kier molecular flexibility index (Phi) is 23.6. The number of hydrogen-bond donors (Lipinski definition) is 0. The quantitative estimate of drug-likeness (QED) is 0.0643. The number of unbranched alkanes of at least 4 members (excludes halogenated alkanes) is 25. The molecule has 1 heterocycles. The van der Waals surface area contributed by atoms with Gasteiger partial charge in [-0.1, -0.05) is 186 Å². The molecule has 0 amide bonds. The van der Waals surface area contributed by atoms with Gasteiger partial charge in [-0.3, -0.25) is 0 Å². The van der Waals surface area contributed by atoms with Crippen LogP contribution in [0.25, 0.3) is 5.69 Å². The lowest BCUT2D eigenvalue weighted by Crippen LogP contribution is -2.37. The molecule has 2 aromatic rings. The first-order valence-electron chi connectivity index (χ1n) is 19.0. The highest BCUT2D eigenvalue weighted by molar-refractivity contribution is 5.31. The van der Waals surface area contributed by atoms with Crippen molar-refractivity contribution < 1.29 is 4.57 Å². The third-order valence-electron chi connectivity index (χ3n) is 9.30. The van der Waals surface area contributed by atoms with E-state index in [2.05, 4.69) is 65.7 Å². The van der Waals surface area contributed by atoms with Crippen LogP contribution in [-0.4, -0.2) is 4.57 Å². The first-order valence-corrected chi connectivity index (χ1v) is 19.0. The Morgan fingerprint density at radius 1 is 0.452 bits per heavy atom. The minimum atomic E-state index is 1.17. The summed E-state index contributed by atoms with van der Waals surface area (Å²) in [5.74, 6) is 1.50. The van der Waals surface area contributed by atoms with Crippen LogP contribution in [0.3, 0.4) is 0 Å². The molecular formula is C40H71N2+. The summed E-state index contributed by atoms with van der Waals surface area (Å²) in [6.07, 6.45) is 44.3. The summed E-state index contributed by atoms with van der Waals surface area (Å²) in [5, 5.41) is 0. The molecule has 0 spiro atoms. The van der Waals surface area contributed by atoms with Crippen molar-refractivity contribution in [2.75, 3.05) is 0 Å². The lowest BCUT2D eigenvalue weighted by molar-refractivity contribution is -0.704. The van der Waals surface area contributed by atoms with Gasteiger partial charge in [0.15, 0.2) is 0 Å². The highest BCUT2D eigenvalue weighted by atomic mass is 15.1. The van der Waals surface area contributed by atoms with Gasteiger partial charge in [0.1, 0.15) is 18.1 Å². The second-order valence-corrected chi connectivity index (χ2v) is 13.2. The standard InChI is InChI=1S/C40H71N2/c1-3-5-7-9-11-13-15-17-18-20-22-24-26-31-35-40-41(37-38-42(40)39-33-29-28-30-34-39)36-32-27-25-23-21-19-16-14-12-10-8-6-4-2/h28-30,33-34,37-38H,3-27,31-32,35-36H2,1-2H3/q+1. The number of para-hydroxylation sites is 1. The van der Waals surface area contributed by atoms with E-state index in [1.165, 1.54) is 198 Å². The Bertz CT molecular complexity index is 823. The molecule has 2 heteroatoms. The van der Waals surface area contributed by atoms with E-state index in [0.29, 0.717) is 0 Å². The molecule has 0 unspecified atom stereocenters. The largest absolute Gasteiger partial charge is 0.261 e. The zero-order valence-electron chi connectivity index (χ0n) is 28.4. The number of rotatable bonds is 30. The van der Waals surface area contributed by atoms with E-state index in [-0.39, 0.29) is 0 Å². The van der Waals surface area contributed by atoms with E-state index >= 15 is 0 Å². The Hall–Kier alpha value is -1.57. The van der Waals surface area contributed by atoms with Crippen molar-refractivity contribution in [3.8, 4) is 5.69 Å². The lowest BCUT2D eigenvalue weighted by Gasteiger charge is -2.07. The monoisotopic (exact) mass is 580 g/mol. The molecule has 0 aliphatic carbocycles. The average Bonchev–Trinajstić information content (AvgIpc) is 3.42. The number of imidazole rings is 1. The van der Waals surface area contributed by atoms with E-state index in [0.717, 1.165) is 0 Å². The Labute approximate surface area is 263 Å². The Balaban J connectivity index is 1.58. The summed E-state index contributed by atoms with van der Waals surface area (Å²) < 4.78 is 5.01. The van der Waals surface area contributed by atoms with Gasteiger partial charge in [-0.25, -0.2) is 4.57 Å². The van der Waals surface area contributed by atoms with E-state index in [1.54, 1.807) is 0 Å². The predicted octanol–water partition coefficient (Wildman–Crippen LogP) is 12.9. The van der Waals surface area contributed by atoms with Gasteiger partial charge in [-0.15, -0.1) is 0 Å². The third kappa shape index (κ3) is 18.2. The van der Waals surface area contributed by atoms with Crippen LogP contribution in [0, 0.1) is 0 Å². The maximum absolute atomic E-state index is 2.56. The molecule has 0 fully saturated rings. The zero-order chi connectivity index (χ0) is 29.8. The van der Waals surface area contributed by atoms with E-state index < -0.39 is 0 Å². The molecule has 0 radical (unpaired) electrons. The van der Waals surface area contributed by atoms with Crippen LogP contribution in [0.15, 0.2) is 42.7 Å². The molecule has 0 N–H and O–H groups in total. The Morgan fingerprint density at radius 3 is 1.26 bits per heavy atom. The van der Waals surface area contributed by atoms with Gasteiger partial charge in [0, 0.05) is 6.42 Å². The molecule has 0 aliphatic rings. The third-order valence-corrected chi connectivity index (χ3v) is 9.30. The summed E-state index contributed by atoms with van der Waals surface area (Å²) in [6.45, 7) is 5.78. The Morgan fingerprint density at radius 2 is 0.833 bits per heavy atom. The molecule has 1 aromatic heterocycles. The molecule has 240 valence electrons. The highest BCUT2D eigenvalue weighted by Crippen LogP contribution is 2.16. The number of hydrogen-bond acceptors (Lipinski definition) is 0. The van der Waals surface area contributed by atoms with Gasteiger partial charge in [-0.2, -0.15) is 4.57 Å². The lowest BCUT2D eigenvalue weighted by atomic mass is 10.0. The average molecular weight is 580 g/mol. The molecule has 0 atom stereocenters. The minimum absolute atomic E-state index is 1.17. The molecule has 2 nitrogen and oxygen atoms in total. The van der Waals surface area contributed by atoms with E-state index in [9.17, 15) is 0 Å². The second-order valence-electron chi connectivity index (χ2n) is 13.2. The van der Waals surface area contributed by atoms with Gasteiger partial charge >= 0.3 is 0 Å². The van der Waals surface area contributed by atoms with Crippen molar-refractivity contribution in [1.29, 1.82) is 0 Å². The first kappa shape index (κ1) is 36.6. The molecule has 0 saturated carbocycles. The topological polar surface area (TPSA) is 8.81 Å². The number of aryl methyl sites for hydroxylation is 1. The summed E-state index contributed by atoms with van der Waals surface area (Å²) in [5.41, 5.74) is 1.31. The van der Waals surface area contributed by atoms with Gasteiger partial charge in [0.2, 0.25) is 0 Å². The molecule has 0 aliphatic heterocycles. The van der Waals surface area contributed by atoms with Crippen molar-refractivity contribution in [3.05, 3.63) is 48.5 Å². The van der Waals surface area contributed by atoms with Crippen molar-refractivity contribution in [2.24, 2.45) is 0 Å². The molecule has 0 saturated heterocycles. The van der Waals surface area contributed by atoms with Gasteiger partial charge in [0.05, 0.1) is 6.54 Å². The van der Waals surface area contributed by atoms with E-state index in [4.69, 9.17) is 0 Å². The van der Waals surface area contributed by atoms with Crippen molar-refractivity contribution in [2.45, 2.75) is 200 Å². The normalized spacial score (nSPS) is 11.5. The van der Waals surface area contributed by atoms with Crippen LogP contribution in [0.1, 0.15) is 193 Å². The molecular weight excluding hydrogens is 508 g/mol. The fourth-order valence-corrected chi connectivity index (χ4v) is 6.53. The SMILES string of the molecule is CCCCCCCCCCCCCCCCc1n(-c2ccccc2)cc[n+]1CCCCCCCCCCCCCCC. The summed E-state index contributed by atoms with van der Waals surface area (Å²) in [7, 11) is 0. The number of aromatic nitrogens is 2. The number of nitrogens with zero attached hydrogens (tertiary/aromatic N) is 2. The van der Waals surface area contributed by atoms with Gasteiger partial charge in [-0.05, 0) is 31.4 Å². The van der Waals surface area contributed by atoms with Gasteiger partial charge < -0.3 is 0 Å². The van der Waals surface area contributed by atoms with Gasteiger partial charge in [0.25, 0.3) is 5.82 Å². The highest BCUT2D eigenvalue weighted by Gasteiger charge is 2.18. The zero-order valence-corrected chi connectivity index (χ0v) is 28.4. The smallest absolute Gasteiger partial charge is 0.234 e. The summed E-state index contributed by atoms with van der Waals surface area (Å²) in [4.78, 5) is 0. The minimum Gasteiger partial charge on any atom is -0.234 e. The first-order chi connectivity index (χ1) is 20.9. The fourth-order valence-electron chi connectivity index (χ4n) is 6.53. The number of benzene rings is 1.